The quantitative estimate of drug-likeness (QED) is 0.943. The minimum absolute atomic E-state index is 0.113. The van der Waals surface area contributed by atoms with Crippen molar-refractivity contribution in [2.45, 2.75) is 18.9 Å². The van der Waals surface area contributed by atoms with E-state index in [1.165, 1.54) is 6.33 Å². The molecule has 1 saturated heterocycles. The van der Waals surface area contributed by atoms with E-state index in [1.54, 1.807) is 17.0 Å². The number of halogens is 1. The van der Waals surface area contributed by atoms with Gasteiger partial charge >= 0.3 is 0 Å². The number of piperidine rings is 1. The van der Waals surface area contributed by atoms with Crippen LogP contribution in [0.15, 0.2) is 30.6 Å². The van der Waals surface area contributed by atoms with Gasteiger partial charge in [0.1, 0.15) is 18.2 Å². The number of aromatic nitrogens is 3. The Morgan fingerprint density at radius 3 is 2.62 bits per heavy atom. The fraction of sp³-hybridized carbons (Fsp3) is 0.357. The van der Waals surface area contributed by atoms with Gasteiger partial charge in [-0.25, -0.2) is 4.98 Å². The van der Waals surface area contributed by atoms with Gasteiger partial charge in [0.2, 0.25) is 5.82 Å². The Balaban J connectivity index is 1.53. The second kappa shape index (κ2) is 6.13. The van der Waals surface area contributed by atoms with Crippen LogP contribution in [0.4, 0.5) is 0 Å². The molecule has 2 heterocycles. The van der Waals surface area contributed by atoms with Gasteiger partial charge in [-0.1, -0.05) is 11.6 Å². The maximum atomic E-state index is 12.1. The molecule has 0 saturated carbocycles. The molecule has 21 heavy (non-hydrogen) atoms. The van der Waals surface area contributed by atoms with E-state index in [0.717, 1.165) is 18.6 Å². The first-order valence-electron chi connectivity index (χ1n) is 6.79. The molecular weight excluding hydrogens is 292 g/mol. The second-order valence-electron chi connectivity index (χ2n) is 4.89. The number of benzene rings is 1. The molecule has 0 spiro atoms. The maximum Gasteiger partial charge on any atom is 0.293 e. The second-order valence-corrected chi connectivity index (χ2v) is 5.32. The lowest BCUT2D eigenvalue weighted by Crippen LogP contribution is -2.42. The topological polar surface area (TPSA) is 71.1 Å². The minimum atomic E-state index is -0.138. The molecule has 1 aliphatic heterocycles. The molecule has 1 fully saturated rings. The van der Waals surface area contributed by atoms with Gasteiger partial charge in [-0.3, -0.25) is 9.89 Å². The third-order valence-electron chi connectivity index (χ3n) is 3.45. The summed E-state index contributed by atoms with van der Waals surface area (Å²) in [6, 6.07) is 7.32. The number of carbonyl (C=O) groups excluding carboxylic acids is 1. The number of amides is 1. The van der Waals surface area contributed by atoms with Crippen LogP contribution >= 0.6 is 11.6 Å². The molecule has 0 unspecified atom stereocenters. The fourth-order valence-corrected chi connectivity index (χ4v) is 2.46. The SMILES string of the molecule is O=C(c1nc[nH]n1)N1CCC(Oc2ccc(Cl)cc2)CC1. The summed E-state index contributed by atoms with van der Waals surface area (Å²) in [6.07, 6.45) is 3.10. The van der Waals surface area contributed by atoms with Gasteiger partial charge < -0.3 is 9.64 Å². The Morgan fingerprint density at radius 1 is 1.29 bits per heavy atom. The van der Waals surface area contributed by atoms with E-state index in [0.29, 0.717) is 18.1 Å². The number of nitrogens with one attached hydrogen (secondary N) is 1. The highest BCUT2D eigenvalue weighted by molar-refractivity contribution is 6.30. The highest BCUT2D eigenvalue weighted by Gasteiger charge is 2.26. The zero-order chi connectivity index (χ0) is 14.7. The fourth-order valence-electron chi connectivity index (χ4n) is 2.34. The Morgan fingerprint density at radius 2 is 2.00 bits per heavy atom. The standard InChI is InChI=1S/C14H15ClN4O2/c15-10-1-3-11(4-2-10)21-12-5-7-19(8-6-12)14(20)13-16-9-17-18-13/h1-4,9,12H,5-8H2,(H,16,17,18). The predicted molar refractivity (Wildman–Crippen MR) is 77.4 cm³/mol. The lowest BCUT2D eigenvalue weighted by molar-refractivity contribution is 0.0585. The summed E-state index contributed by atoms with van der Waals surface area (Å²) in [7, 11) is 0. The van der Waals surface area contributed by atoms with E-state index < -0.39 is 0 Å². The van der Waals surface area contributed by atoms with Gasteiger partial charge in [-0.05, 0) is 24.3 Å². The number of hydrogen-bond acceptors (Lipinski definition) is 4. The molecule has 1 aromatic carbocycles. The van der Waals surface area contributed by atoms with E-state index >= 15 is 0 Å². The molecule has 1 N–H and O–H groups in total. The average Bonchev–Trinajstić information content (AvgIpc) is 3.04. The van der Waals surface area contributed by atoms with Gasteiger partial charge in [0, 0.05) is 31.0 Å². The molecular formula is C14H15ClN4O2. The van der Waals surface area contributed by atoms with Gasteiger partial charge in [-0.2, -0.15) is 0 Å². The van der Waals surface area contributed by atoms with E-state index in [9.17, 15) is 4.79 Å². The molecule has 7 heteroatoms. The largest absolute Gasteiger partial charge is 0.490 e. The number of ether oxygens (including phenoxy) is 1. The van der Waals surface area contributed by atoms with Crippen molar-refractivity contribution < 1.29 is 9.53 Å². The summed E-state index contributed by atoms with van der Waals surface area (Å²) in [5.74, 6) is 0.881. The molecule has 0 bridgehead atoms. The van der Waals surface area contributed by atoms with E-state index in [2.05, 4.69) is 15.2 Å². The third kappa shape index (κ3) is 3.33. The molecule has 0 aliphatic carbocycles. The Bertz CT molecular complexity index is 592. The molecule has 0 radical (unpaired) electrons. The molecule has 0 atom stereocenters. The molecule has 3 rings (SSSR count). The summed E-state index contributed by atoms with van der Waals surface area (Å²) < 4.78 is 5.90. The van der Waals surface area contributed by atoms with Crippen LogP contribution < -0.4 is 4.74 Å². The molecule has 1 aliphatic rings. The Labute approximate surface area is 127 Å². The van der Waals surface area contributed by atoms with Crippen molar-refractivity contribution in [2.75, 3.05) is 13.1 Å². The number of H-pyrrole nitrogens is 1. The average molecular weight is 307 g/mol. The van der Waals surface area contributed by atoms with E-state index in [4.69, 9.17) is 16.3 Å². The molecule has 6 nitrogen and oxygen atoms in total. The van der Waals surface area contributed by atoms with Crippen molar-refractivity contribution in [1.82, 2.24) is 20.1 Å². The first-order chi connectivity index (χ1) is 10.2. The monoisotopic (exact) mass is 306 g/mol. The zero-order valence-corrected chi connectivity index (χ0v) is 12.1. The van der Waals surface area contributed by atoms with Gasteiger partial charge in [-0.15, -0.1) is 5.10 Å². The van der Waals surface area contributed by atoms with Crippen LogP contribution in [0.5, 0.6) is 5.75 Å². The highest BCUT2D eigenvalue weighted by Crippen LogP contribution is 2.21. The van der Waals surface area contributed by atoms with Crippen LogP contribution in [0, 0.1) is 0 Å². The molecule has 1 amide bonds. The molecule has 1 aromatic heterocycles. The number of carbonyl (C=O) groups is 1. The summed E-state index contributed by atoms with van der Waals surface area (Å²) in [4.78, 5) is 17.7. The van der Waals surface area contributed by atoms with Crippen LogP contribution in [-0.4, -0.2) is 45.2 Å². The Hall–Kier alpha value is -2.08. The molecule has 110 valence electrons. The number of rotatable bonds is 3. The maximum absolute atomic E-state index is 12.1. The lowest BCUT2D eigenvalue weighted by atomic mass is 10.1. The number of hydrogen-bond donors (Lipinski definition) is 1. The van der Waals surface area contributed by atoms with E-state index in [-0.39, 0.29) is 17.8 Å². The van der Waals surface area contributed by atoms with Crippen molar-refractivity contribution in [3.05, 3.63) is 41.4 Å². The van der Waals surface area contributed by atoms with Gasteiger partial charge in [0.05, 0.1) is 0 Å². The van der Waals surface area contributed by atoms with Crippen LogP contribution in [-0.2, 0) is 0 Å². The number of likely N-dealkylation sites (tertiary alicyclic amines) is 1. The predicted octanol–water partition coefficient (Wildman–Crippen LogP) is 2.14. The summed E-state index contributed by atoms with van der Waals surface area (Å²) in [5, 5.41) is 7.06. The van der Waals surface area contributed by atoms with Crippen LogP contribution in [0.3, 0.4) is 0 Å². The smallest absolute Gasteiger partial charge is 0.293 e. The van der Waals surface area contributed by atoms with Crippen LogP contribution in [0.25, 0.3) is 0 Å². The minimum Gasteiger partial charge on any atom is -0.490 e. The zero-order valence-electron chi connectivity index (χ0n) is 11.3. The van der Waals surface area contributed by atoms with Crippen LogP contribution in [0.2, 0.25) is 5.02 Å². The van der Waals surface area contributed by atoms with Gasteiger partial charge in [0.25, 0.3) is 5.91 Å². The van der Waals surface area contributed by atoms with Crippen molar-refractivity contribution in [1.29, 1.82) is 0 Å². The van der Waals surface area contributed by atoms with Crippen molar-refractivity contribution in [3.8, 4) is 5.75 Å². The van der Waals surface area contributed by atoms with E-state index in [1.807, 2.05) is 12.1 Å². The summed E-state index contributed by atoms with van der Waals surface area (Å²) in [5.41, 5.74) is 0. The third-order valence-corrected chi connectivity index (χ3v) is 3.70. The Kier molecular flexibility index (Phi) is 4.06. The summed E-state index contributed by atoms with van der Waals surface area (Å²) in [6.45, 7) is 1.29. The van der Waals surface area contributed by atoms with Crippen molar-refractivity contribution >= 4 is 17.5 Å². The number of aromatic amines is 1. The first-order valence-corrected chi connectivity index (χ1v) is 7.17. The first kappa shape index (κ1) is 13.9. The normalized spacial score (nSPS) is 16.0. The van der Waals surface area contributed by atoms with Crippen molar-refractivity contribution in [2.24, 2.45) is 0 Å². The summed E-state index contributed by atoms with van der Waals surface area (Å²) >= 11 is 5.84. The number of nitrogens with zero attached hydrogens (tertiary/aromatic N) is 3. The van der Waals surface area contributed by atoms with Crippen LogP contribution in [0.1, 0.15) is 23.5 Å². The van der Waals surface area contributed by atoms with Crippen molar-refractivity contribution in [3.63, 3.8) is 0 Å². The lowest BCUT2D eigenvalue weighted by Gasteiger charge is -2.31. The van der Waals surface area contributed by atoms with Gasteiger partial charge in [0.15, 0.2) is 0 Å². The highest BCUT2D eigenvalue weighted by atomic mass is 35.5. The molecule has 2 aromatic rings.